The van der Waals surface area contributed by atoms with E-state index in [4.69, 9.17) is 0 Å². The van der Waals surface area contributed by atoms with Crippen LogP contribution in [0.25, 0.3) is 0 Å². The molecule has 18 heavy (non-hydrogen) atoms. The Labute approximate surface area is 111 Å². The third kappa shape index (κ3) is 3.45. The molecule has 4 nitrogen and oxygen atoms in total. The number of carbonyl (C=O) groups excluding carboxylic acids is 1. The maximum atomic E-state index is 12.5. The van der Waals surface area contributed by atoms with Gasteiger partial charge in [-0.1, -0.05) is 6.92 Å². The fourth-order valence-electron chi connectivity index (χ4n) is 2.97. The van der Waals surface area contributed by atoms with E-state index in [1.165, 1.54) is 19.3 Å². The third-order valence-electron chi connectivity index (χ3n) is 4.39. The summed E-state index contributed by atoms with van der Waals surface area (Å²) in [6, 6.07) is 0.0560. The van der Waals surface area contributed by atoms with Gasteiger partial charge in [0.1, 0.15) is 0 Å². The lowest BCUT2D eigenvalue weighted by atomic mass is 10.0. The van der Waals surface area contributed by atoms with Crippen molar-refractivity contribution in [3.63, 3.8) is 0 Å². The minimum atomic E-state index is 0.0560. The van der Waals surface area contributed by atoms with Crippen molar-refractivity contribution in [3.05, 3.63) is 0 Å². The number of amides is 1. The fraction of sp³-hybridized carbons (Fsp3) is 0.929. The van der Waals surface area contributed by atoms with Gasteiger partial charge in [0.05, 0.1) is 6.04 Å². The Hall–Kier alpha value is -0.610. The zero-order chi connectivity index (χ0) is 13.0. The van der Waals surface area contributed by atoms with Crippen LogP contribution in [0.15, 0.2) is 0 Å². The predicted molar refractivity (Wildman–Crippen MR) is 73.5 cm³/mol. The Bertz CT molecular complexity index is 272. The smallest absolute Gasteiger partial charge is 0.239 e. The summed E-state index contributed by atoms with van der Waals surface area (Å²) < 4.78 is 0. The monoisotopic (exact) mass is 253 g/mol. The first kappa shape index (κ1) is 13.8. The highest BCUT2D eigenvalue weighted by molar-refractivity contribution is 5.81. The summed E-state index contributed by atoms with van der Waals surface area (Å²) in [7, 11) is 0. The first-order valence-corrected chi connectivity index (χ1v) is 7.42. The van der Waals surface area contributed by atoms with Gasteiger partial charge in [0.25, 0.3) is 0 Å². The standard InChI is InChI=1S/C14H27N3O/c1-12-4-3-8-17(9-5-12)14(18)13(2)16-10-6-15-7-11-16/h12-13,15H,3-11H2,1-2H3. The molecule has 0 aromatic heterocycles. The number of likely N-dealkylation sites (tertiary alicyclic amines) is 1. The molecule has 2 fully saturated rings. The average Bonchev–Trinajstić information content (AvgIpc) is 2.63. The molecule has 2 saturated heterocycles. The van der Waals surface area contributed by atoms with Crippen LogP contribution in [0.2, 0.25) is 0 Å². The molecule has 0 aromatic rings. The number of hydrogen-bond donors (Lipinski definition) is 1. The molecular formula is C14H27N3O. The van der Waals surface area contributed by atoms with Crippen LogP contribution in [0.1, 0.15) is 33.1 Å². The van der Waals surface area contributed by atoms with Gasteiger partial charge in [0.2, 0.25) is 5.91 Å². The van der Waals surface area contributed by atoms with Crippen LogP contribution in [0.5, 0.6) is 0 Å². The number of nitrogens with one attached hydrogen (secondary N) is 1. The van der Waals surface area contributed by atoms with Gasteiger partial charge < -0.3 is 10.2 Å². The van der Waals surface area contributed by atoms with Crippen molar-refractivity contribution in [2.24, 2.45) is 5.92 Å². The van der Waals surface area contributed by atoms with Gasteiger partial charge in [0.15, 0.2) is 0 Å². The highest BCUT2D eigenvalue weighted by Crippen LogP contribution is 2.18. The zero-order valence-electron chi connectivity index (χ0n) is 11.8. The van der Waals surface area contributed by atoms with E-state index in [2.05, 4.69) is 29.0 Å². The molecule has 104 valence electrons. The van der Waals surface area contributed by atoms with Crippen molar-refractivity contribution in [3.8, 4) is 0 Å². The molecule has 4 heteroatoms. The van der Waals surface area contributed by atoms with E-state index >= 15 is 0 Å². The van der Waals surface area contributed by atoms with Crippen LogP contribution >= 0.6 is 0 Å². The molecule has 0 radical (unpaired) electrons. The van der Waals surface area contributed by atoms with Crippen LogP contribution in [-0.2, 0) is 4.79 Å². The highest BCUT2D eigenvalue weighted by Gasteiger charge is 2.27. The second-order valence-corrected chi connectivity index (χ2v) is 5.82. The molecule has 0 aliphatic carbocycles. The Morgan fingerprint density at radius 3 is 2.61 bits per heavy atom. The topological polar surface area (TPSA) is 35.6 Å². The summed E-state index contributed by atoms with van der Waals surface area (Å²) in [4.78, 5) is 16.9. The predicted octanol–water partition coefficient (Wildman–Crippen LogP) is 0.929. The molecule has 0 spiro atoms. The van der Waals surface area contributed by atoms with Gasteiger partial charge in [-0.05, 0) is 32.1 Å². The van der Waals surface area contributed by atoms with Gasteiger partial charge in [-0.15, -0.1) is 0 Å². The highest BCUT2D eigenvalue weighted by atomic mass is 16.2. The minimum absolute atomic E-state index is 0.0560. The summed E-state index contributed by atoms with van der Waals surface area (Å²) in [5, 5.41) is 3.34. The quantitative estimate of drug-likeness (QED) is 0.795. The zero-order valence-corrected chi connectivity index (χ0v) is 11.8. The number of piperazine rings is 1. The van der Waals surface area contributed by atoms with E-state index in [0.717, 1.165) is 45.2 Å². The number of hydrogen-bond acceptors (Lipinski definition) is 3. The molecule has 0 saturated carbocycles. The van der Waals surface area contributed by atoms with Gasteiger partial charge in [-0.2, -0.15) is 0 Å². The molecule has 2 aliphatic heterocycles. The molecule has 0 aromatic carbocycles. The Morgan fingerprint density at radius 2 is 1.89 bits per heavy atom. The van der Waals surface area contributed by atoms with E-state index in [1.807, 2.05) is 0 Å². The maximum Gasteiger partial charge on any atom is 0.239 e. The van der Waals surface area contributed by atoms with E-state index < -0.39 is 0 Å². The first-order valence-electron chi connectivity index (χ1n) is 7.42. The lowest BCUT2D eigenvalue weighted by Gasteiger charge is -2.34. The van der Waals surface area contributed by atoms with Crippen molar-refractivity contribution in [2.45, 2.75) is 39.2 Å². The van der Waals surface area contributed by atoms with Crippen LogP contribution in [0, 0.1) is 5.92 Å². The van der Waals surface area contributed by atoms with Crippen molar-refractivity contribution in [2.75, 3.05) is 39.3 Å². The Kier molecular flexibility index (Phi) is 5.01. The van der Waals surface area contributed by atoms with Crippen molar-refractivity contribution in [1.29, 1.82) is 0 Å². The Balaban J connectivity index is 1.88. The van der Waals surface area contributed by atoms with E-state index in [9.17, 15) is 4.79 Å². The van der Waals surface area contributed by atoms with Crippen LogP contribution in [0.4, 0.5) is 0 Å². The maximum absolute atomic E-state index is 12.5. The lowest BCUT2D eigenvalue weighted by Crippen LogP contribution is -2.53. The normalized spacial score (nSPS) is 28.8. The third-order valence-corrected chi connectivity index (χ3v) is 4.39. The van der Waals surface area contributed by atoms with Gasteiger partial charge >= 0.3 is 0 Å². The molecule has 2 heterocycles. The molecule has 2 rings (SSSR count). The van der Waals surface area contributed by atoms with Gasteiger partial charge in [0, 0.05) is 39.3 Å². The lowest BCUT2D eigenvalue weighted by molar-refractivity contribution is -0.136. The molecule has 2 aliphatic rings. The van der Waals surface area contributed by atoms with Gasteiger partial charge in [-0.25, -0.2) is 0 Å². The molecule has 1 amide bonds. The minimum Gasteiger partial charge on any atom is -0.341 e. The molecular weight excluding hydrogens is 226 g/mol. The number of nitrogens with zero attached hydrogens (tertiary/aromatic N) is 2. The second-order valence-electron chi connectivity index (χ2n) is 5.82. The number of carbonyl (C=O) groups is 1. The molecule has 2 atom stereocenters. The van der Waals surface area contributed by atoms with E-state index in [-0.39, 0.29) is 6.04 Å². The fourth-order valence-corrected chi connectivity index (χ4v) is 2.97. The van der Waals surface area contributed by atoms with Crippen LogP contribution in [-0.4, -0.2) is 61.0 Å². The second kappa shape index (κ2) is 6.53. The number of rotatable bonds is 2. The Morgan fingerprint density at radius 1 is 1.17 bits per heavy atom. The van der Waals surface area contributed by atoms with Crippen LogP contribution in [0.3, 0.4) is 0 Å². The van der Waals surface area contributed by atoms with Crippen molar-refractivity contribution < 1.29 is 4.79 Å². The summed E-state index contributed by atoms with van der Waals surface area (Å²) in [6.45, 7) is 10.3. The molecule has 2 unspecified atom stereocenters. The molecule has 1 N–H and O–H groups in total. The van der Waals surface area contributed by atoms with E-state index in [1.54, 1.807) is 0 Å². The largest absolute Gasteiger partial charge is 0.341 e. The first-order chi connectivity index (χ1) is 8.68. The summed E-state index contributed by atoms with van der Waals surface area (Å²) in [5.41, 5.74) is 0. The van der Waals surface area contributed by atoms with Gasteiger partial charge in [-0.3, -0.25) is 9.69 Å². The molecule has 0 bridgehead atoms. The van der Waals surface area contributed by atoms with Crippen molar-refractivity contribution >= 4 is 5.91 Å². The summed E-state index contributed by atoms with van der Waals surface area (Å²) in [5.74, 6) is 1.11. The van der Waals surface area contributed by atoms with E-state index in [0.29, 0.717) is 5.91 Å². The van der Waals surface area contributed by atoms with Crippen molar-refractivity contribution in [1.82, 2.24) is 15.1 Å². The summed E-state index contributed by atoms with van der Waals surface area (Å²) >= 11 is 0. The SMILES string of the molecule is CC1CCCN(C(=O)C(C)N2CCNCC2)CC1. The van der Waals surface area contributed by atoms with Crippen LogP contribution < -0.4 is 5.32 Å². The summed E-state index contributed by atoms with van der Waals surface area (Å²) in [6.07, 6.45) is 3.60. The average molecular weight is 253 g/mol.